The van der Waals surface area contributed by atoms with Gasteiger partial charge in [-0.1, -0.05) is 35.0 Å². The fourth-order valence-corrected chi connectivity index (χ4v) is 4.35. The van der Waals surface area contributed by atoms with Crippen molar-refractivity contribution in [3.8, 4) is 0 Å². The van der Waals surface area contributed by atoms with Gasteiger partial charge in [0.25, 0.3) is 5.91 Å². The molecule has 3 aromatic rings. The normalized spacial score (nSPS) is 16.7. The summed E-state index contributed by atoms with van der Waals surface area (Å²) < 4.78 is 79.8. The van der Waals surface area contributed by atoms with E-state index >= 15 is 0 Å². The molecule has 0 aliphatic carbocycles. The summed E-state index contributed by atoms with van der Waals surface area (Å²) in [4.78, 5) is 14.7. The third-order valence-electron chi connectivity index (χ3n) is 5.73. The molecular formula is C22H18ClF6N5O. The summed E-state index contributed by atoms with van der Waals surface area (Å²) in [6.45, 7) is -0.156. The molecule has 2 aromatic carbocycles. The van der Waals surface area contributed by atoms with Crippen LogP contribution in [-0.2, 0) is 18.9 Å². The molecule has 1 saturated heterocycles. The zero-order valence-corrected chi connectivity index (χ0v) is 18.6. The molecule has 1 aliphatic rings. The molecule has 1 aromatic heterocycles. The van der Waals surface area contributed by atoms with E-state index in [1.807, 2.05) is 0 Å². The fourth-order valence-electron chi connectivity index (χ4n) is 4.09. The van der Waals surface area contributed by atoms with Gasteiger partial charge in [-0.3, -0.25) is 4.79 Å². The van der Waals surface area contributed by atoms with E-state index in [0.717, 1.165) is 10.2 Å². The van der Waals surface area contributed by atoms with Crippen molar-refractivity contribution >= 4 is 23.3 Å². The Balaban J connectivity index is 1.62. The summed E-state index contributed by atoms with van der Waals surface area (Å²) in [6.07, 6.45) is -8.64. The maximum atomic E-state index is 13.2. The average Bonchev–Trinajstić information content (AvgIpc) is 3.40. The van der Waals surface area contributed by atoms with Crippen LogP contribution in [0, 0.1) is 0 Å². The second-order valence-corrected chi connectivity index (χ2v) is 8.48. The molecule has 1 atom stereocenters. The Bertz CT molecular complexity index is 1220. The number of halogens is 7. The van der Waals surface area contributed by atoms with Gasteiger partial charge in [0, 0.05) is 11.6 Å². The number of carbonyl (C=O) groups is 1. The summed E-state index contributed by atoms with van der Waals surface area (Å²) in [5.41, 5.74) is 3.23. The quantitative estimate of drug-likeness (QED) is 0.459. The lowest BCUT2D eigenvalue weighted by atomic mass is 10.0. The largest absolute Gasteiger partial charge is 0.416 e. The number of benzene rings is 2. The lowest BCUT2D eigenvalue weighted by Gasteiger charge is -2.25. The van der Waals surface area contributed by atoms with Crippen LogP contribution in [0.3, 0.4) is 0 Å². The number of rotatable bonds is 4. The number of likely N-dealkylation sites (tertiary alicyclic amines) is 1. The number of anilines is 1. The van der Waals surface area contributed by atoms with E-state index in [1.165, 1.54) is 4.90 Å². The first-order valence-electron chi connectivity index (χ1n) is 10.4. The summed E-state index contributed by atoms with van der Waals surface area (Å²) >= 11 is 6.28. The number of alkyl halides is 6. The number of carbonyl (C=O) groups excluding carboxylic acids is 1. The number of hydrogen-bond acceptors (Lipinski definition) is 4. The number of nitrogen functional groups attached to an aromatic ring is 1. The van der Waals surface area contributed by atoms with E-state index in [-0.39, 0.29) is 29.2 Å². The van der Waals surface area contributed by atoms with Crippen LogP contribution in [0.5, 0.6) is 0 Å². The van der Waals surface area contributed by atoms with E-state index in [2.05, 4.69) is 10.3 Å². The minimum Gasteiger partial charge on any atom is -0.382 e. The lowest BCUT2D eigenvalue weighted by molar-refractivity contribution is -0.143. The van der Waals surface area contributed by atoms with Crippen LogP contribution in [0.4, 0.5) is 32.2 Å². The highest BCUT2D eigenvalue weighted by molar-refractivity contribution is 6.31. The first-order chi connectivity index (χ1) is 16.4. The number of nitrogens with zero attached hydrogens (tertiary/aromatic N) is 4. The third-order valence-corrected chi connectivity index (χ3v) is 6.08. The molecule has 2 heterocycles. The number of aromatic nitrogens is 3. The molecule has 35 heavy (non-hydrogen) atoms. The van der Waals surface area contributed by atoms with Gasteiger partial charge in [0.2, 0.25) is 0 Å². The van der Waals surface area contributed by atoms with Gasteiger partial charge in [0.05, 0.1) is 23.7 Å². The van der Waals surface area contributed by atoms with Crippen molar-refractivity contribution in [3.05, 3.63) is 75.4 Å². The molecular weight excluding hydrogens is 500 g/mol. The number of hydrogen-bond donors (Lipinski definition) is 1. The Hall–Kier alpha value is -3.28. The maximum Gasteiger partial charge on any atom is 0.416 e. The monoisotopic (exact) mass is 517 g/mol. The van der Waals surface area contributed by atoms with Gasteiger partial charge in [-0.05, 0) is 48.2 Å². The van der Waals surface area contributed by atoms with Gasteiger partial charge in [-0.25, -0.2) is 4.68 Å². The highest BCUT2D eigenvalue weighted by Gasteiger charge is 2.37. The van der Waals surface area contributed by atoms with Crippen LogP contribution >= 0.6 is 11.6 Å². The van der Waals surface area contributed by atoms with Gasteiger partial charge < -0.3 is 10.6 Å². The Morgan fingerprint density at radius 2 is 1.69 bits per heavy atom. The zero-order valence-electron chi connectivity index (χ0n) is 17.9. The van der Waals surface area contributed by atoms with Crippen molar-refractivity contribution in [3.63, 3.8) is 0 Å². The Kier molecular flexibility index (Phi) is 6.43. The van der Waals surface area contributed by atoms with Crippen molar-refractivity contribution in [1.82, 2.24) is 19.9 Å². The van der Waals surface area contributed by atoms with Crippen molar-refractivity contribution in [1.29, 1.82) is 0 Å². The Morgan fingerprint density at radius 3 is 2.29 bits per heavy atom. The van der Waals surface area contributed by atoms with Crippen molar-refractivity contribution < 1.29 is 31.1 Å². The molecule has 1 aliphatic heterocycles. The Morgan fingerprint density at radius 1 is 1.06 bits per heavy atom. The molecule has 13 heteroatoms. The lowest BCUT2D eigenvalue weighted by Crippen LogP contribution is -2.31. The number of amides is 1. The molecule has 186 valence electrons. The minimum absolute atomic E-state index is 0.0331. The van der Waals surface area contributed by atoms with Crippen LogP contribution in [0.25, 0.3) is 0 Å². The molecule has 0 unspecified atom stereocenters. The van der Waals surface area contributed by atoms with E-state index in [9.17, 15) is 31.1 Å². The second-order valence-electron chi connectivity index (χ2n) is 8.07. The first kappa shape index (κ1) is 24.8. The van der Waals surface area contributed by atoms with Crippen LogP contribution in [0.15, 0.2) is 42.5 Å². The van der Waals surface area contributed by atoms with Crippen LogP contribution in [0.2, 0.25) is 5.02 Å². The van der Waals surface area contributed by atoms with Gasteiger partial charge >= 0.3 is 12.4 Å². The van der Waals surface area contributed by atoms with Crippen LogP contribution in [0.1, 0.15) is 51.6 Å². The van der Waals surface area contributed by atoms with E-state index in [0.29, 0.717) is 36.5 Å². The summed E-state index contributed by atoms with van der Waals surface area (Å²) in [6, 6.07) is 7.89. The van der Waals surface area contributed by atoms with Crippen LogP contribution < -0.4 is 5.73 Å². The second kappa shape index (κ2) is 9.06. The standard InChI is InChI=1S/C22H18ClF6N5O/c23-16-5-2-1-4-15(16)17-6-3-7-33(17)20(35)18-19(30)34(32-31-18)11-12-8-13(21(24,25)26)10-14(9-12)22(27,28)29/h1-2,4-5,8-10,17H,3,6-7,11,30H2/t17-/m1/s1. The van der Waals surface area contributed by atoms with Gasteiger partial charge in [0.1, 0.15) is 0 Å². The molecule has 2 N–H and O–H groups in total. The highest BCUT2D eigenvalue weighted by atomic mass is 35.5. The van der Waals surface area contributed by atoms with Gasteiger partial charge in [0.15, 0.2) is 11.5 Å². The fraction of sp³-hybridized carbons (Fsp3) is 0.318. The zero-order chi connectivity index (χ0) is 25.5. The van der Waals surface area contributed by atoms with Gasteiger partial charge in [-0.2, -0.15) is 26.3 Å². The highest BCUT2D eigenvalue weighted by Crippen LogP contribution is 2.38. The summed E-state index contributed by atoms with van der Waals surface area (Å²) in [5.74, 6) is -0.832. The van der Waals surface area contributed by atoms with Gasteiger partial charge in [-0.15, -0.1) is 5.10 Å². The van der Waals surface area contributed by atoms with Crippen molar-refractivity contribution in [2.75, 3.05) is 12.3 Å². The Labute approximate surface area is 200 Å². The first-order valence-corrected chi connectivity index (χ1v) is 10.8. The predicted octanol–water partition coefficient (Wildman–Crippen LogP) is 5.58. The van der Waals surface area contributed by atoms with E-state index in [4.69, 9.17) is 17.3 Å². The third kappa shape index (κ3) is 5.07. The topological polar surface area (TPSA) is 77.0 Å². The molecule has 0 bridgehead atoms. The molecule has 0 saturated carbocycles. The van der Waals surface area contributed by atoms with Crippen molar-refractivity contribution in [2.24, 2.45) is 0 Å². The molecule has 1 fully saturated rings. The predicted molar refractivity (Wildman–Crippen MR) is 114 cm³/mol. The maximum absolute atomic E-state index is 13.2. The minimum atomic E-state index is -4.99. The molecule has 6 nitrogen and oxygen atoms in total. The molecule has 0 spiro atoms. The van der Waals surface area contributed by atoms with Crippen LogP contribution in [-0.4, -0.2) is 32.3 Å². The van der Waals surface area contributed by atoms with E-state index in [1.54, 1.807) is 24.3 Å². The SMILES string of the molecule is Nc1c(C(=O)N2CCC[C@@H]2c2ccccc2Cl)nnn1Cc1cc(C(F)(F)F)cc(C(F)(F)F)c1. The summed E-state index contributed by atoms with van der Waals surface area (Å²) in [7, 11) is 0. The molecule has 0 radical (unpaired) electrons. The van der Waals surface area contributed by atoms with E-state index < -0.39 is 35.9 Å². The molecule has 4 rings (SSSR count). The number of nitrogens with two attached hydrogens (primary N) is 1. The molecule has 1 amide bonds. The average molecular weight is 518 g/mol. The van der Waals surface area contributed by atoms with Crippen molar-refractivity contribution in [2.45, 2.75) is 37.8 Å². The smallest absolute Gasteiger partial charge is 0.382 e. The summed E-state index contributed by atoms with van der Waals surface area (Å²) in [5, 5.41) is 7.96.